The van der Waals surface area contributed by atoms with Gasteiger partial charge >= 0.3 is 0 Å². The van der Waals surface area contributed by atoms with E-state index >= 15 is 0 Å². The van der Waals surface area contributed by atoms with Crippen molar-refractivity contribution in [1.82, 2.24) is 0 Å². The van der Waals surface area contributed by atoms with Crippen LogP contribution < -0.4 is 0 Å². The van der Waals surface area contributed by atoms with E-state index in [0.717, 1.165) is 12.8 Å². The van der Waals surface area contributed by atoms with Crippen LogP contribution in [0.2, 0.25) is 0 Å². The lowest BCUT2D eigenvalue weighted by molar-refractivity contribution is 1.19. The Balaban J connectivity index is 1.38. The molecule has 0 radical (unpaired) electrons. The van der Waals surface area contributed by atoms with E-state index in [0.29, 0.717) is 0 Å². The Bertz CT molecular complexity index is 1140. The van der Waals surface area contributed by atoms with Crippen molar-refractivity contribution in [2.45, 2.75) is 26.7 Å². The van der Waals surface area contributed by atoms with Crippen LogP contribution in [0.4, 0.5) is 0 Å². The third-order valence-electron chi connectivity index (χ3n) is 4.81. The zero-order valence-electron chi connectivity index (χ0n) is 16.2. The topological polar surface area (TPSA) is 0 Å². The van der Waals surface area contributed by atoms with Gasteiger partial charge in [0.05, 0.1) is 0 Å². The van der Waals surface area contributed by atoms with Crippen molar-refractivity contribution in [3.05, 3.63) is 70.4 Å². The molecule has 0 aliphatic heterocycles. The molecule has 29 heavy (non-hydrogen) atoms. The molecule has 5 rings (SSSR count). The first-order chi connectivity index (χ1) is 14.2. The van der Waals surface area contributed by atoms with Gasteiger partial charge in [-0.2, -0.15) is 0 Å². The predicted molar refractivity (Wildman–Crippen MR) is 136 cm³/mol. The molecule has 146 valence electrons. The van der Waals surface area contributed by atoms with E-state index < -0.39 is 0 Å². The van der Waals surface area contributed by atoms with Crippen LogP contribution in [0.25, 0.3) is 39.0 Å². The van der Waals surface area contributed by atoms with Crippen LogP contribution >= 0.6 is 56.7 Å². The summed E-state index contributed by atoms with van der Waals surface area (Å²) in [5, 5.41) is 0. The van der Waals surface area contributed by atoms with Crippen LogP contribution in [0, 0.1) is 0 Å². The van der Waals surface area contributed by atoms with Gasteiger partial charge in [0.25, 0.3) is 0 Å². The molecule has 0 nitrogen and oxygen atoms in total. The van der Waals surface area contributed by atoms with E-state index in [1.807, 2.05) is 56.7 Å². The zero-order valence-corrected chi connectivity index (χ0v) is 20.3. The molecule has 0 aliphatic rings. The van der Waals surface area contributed by atoms with Gasteiger partial charge in [0.2, 0.25) is 0 Å². The van der Waals surface area contributed by atoms with Crippen molar-refractivity contribution < 1.29 is 0 Å². The summed E-state index contributed by atoms with van der Waals surface area (Å²) in [5.74, 6) is 0. The highest BCUT2D eigenvalue weighted by molar-refractivity contribution is 7.29. The lowest BCUT2D eigenvalue weighted by Crippen LogP contribution is -1.63. The first-order valence-electron chi connectivity index (χ1n) is 9.72. The van der Waals surface area contributed by atoms with E-state index in [2.05, 4.69) is 74.5 Å². The van der Waals surface area contributed by atoms with E-state index in [1.165, 1.54) is 48.8 Å². The average Bonchev–Trinajstić information content (AvgIpc) is 3.54. The van der Waals surface area contributed by atoms with Gasteiger partial charge in [0, 0.05) is 48.8 Å². The maximum atomic E-state index is 2.28. The summed E-state index contributed by atoms with van der Waals surface area (Å²) in [6.45, 7) is 4.44. The first-order valence-corrected chi connectivity index (χ1v) is 13.8. The quantitative estimate of drug-likeness (QED) is 0.232. The second-order valence-electron chi connectivity index (χ2n) is 6.73. The number of thiophene rings is 5. The third kappa shape index (κ3) is 3.94. The van der Waals surface area contributed by atoms with Crippen LogP contribution in [-0.4, -0.2) is 0 Å². The molecular weight excluding hydrogens is 449 g/mol. The fourth-order valence-electron chi connectivity index (χ4n) is 3.21. The van der Waals surface area contributed by atoms with Gasteiger partial charge in [0.15, 0.2) is 0 Å². The predicted octanol–water partition coefficient (Wildman–Crippen LogP) is 9.79. The molecule has 0 fully saturated rings. The van der Waals surface area contributed by atoms with Crippen LogP contribution in [0.3, 0.4) is 0 Å². The molecule has 5 aromatic heterocycles. The Labute approximate surface area is 191 Å². The van der Waals surface area contributed by atoms with Gasteiger partial charge in [-0.3, -0.25) is 0 Å². The van der Waals surface area contributed by atoms with Gasteiger partial charge in [0.1, 0.15) is 0 Å². The van der Waals surface area contributed by atoms with Crippen LogP contribution in [0.5, 0.6) is 0 Å². The van der Waals surface area contributed by atoms with E-state index in [1.54, 1.807) is 0 Å². The number of rotatable bonds is 6. The Morgan fingerprint density at radius 1 is 0.379 bits per heavy atom. The lowest BCUT2D eigenvalue weighted by atomic mass is 10.3. The van der Waals surface area contributed by atoms with Gasteiger partial charge in [-0.1, -0.05) is 13.8 Å². The fourth-order valence-corrected chi connectivity index (χ4v) is 8.48. The number of hydrogen-bond acceptors (Lipinski definition) is 5. The maximum Gasteiger partial charge on any atom is 0.0449 e. The molecule has 0 spiro atoms. The number of aryl methyl sites for hydroxylation is 2. The summed E-state index contributed by atoms with van der Waals surface area (Å²) in [5.41, 5.74) is 0. The Hall–Kier alpha value is -1.50. The van der Waals surface area contributed by atoms with E-state index in [9.17, 15) is 0 Å². The summed E-state index contributed by atoms with van der Waals surface area (Å²) < 4.78 is 0. The Morgan fingerprint density at radius 3 is 0.862 bits per heavy atom. The number of hydrogen-bond donors (Lipinski definition) is 0. The minimum absolute atomic E-state index is 1.12. The van der Waals surface area contributed by atoms with Crippen LogP contribution in [0.1, 0.15) is 23.6 Å². The highest BCUT2D eigenvalue weighted by atomic mass is 32.1. The summed E-state index contributed by atoms with van der Waals surface area (Å²) in [6, 6.07) is 22.7. The standard InChI is InChI=1S/C24H20S5/c1-3-15-5-7-17(25-15)19-9-11-21(27-19)23-13-14-24(29-23)22-12-10-20(28-22)18-8-6-16(4-2)26-18/h5-14H,3-4H2,1-2H3. The highest BCUT2D eigenvalue weighted by Crippen LogP contribution is 2.44. The normalized spacial score (nSPS) is 11.4. The molecule has 5 heterocycles. The van der Waals surface area contributed by atoms with Gasteiger partial charge in [-0.15, -0.1) is 56.7 Å². The second-order valence-corrected chi connectivity index (χ2v) is 12.3. The summed E-state index contributed by atoms with van der Waals surface area (Å²) in [6.07, 6.45) is 2.23. The molecule has 5 aromatic rings. The van der Waals surface area contributed by atoms with Crippen molar-refractivity contribution in [2.75, 3.05) is 0 Å². The largest absolute Gasteiger partial charge is 0.139 e. The average molecular weight is 469 g/mol. The monoisotopic (exact) mass is 468 g/mol. The molecule has 0 aliphatic carbocycles. The van der Waals surface area contributed by atoms with Gasteiger partial charge in [-0.25, -0.2) is 0 Å². The van der Waals surface area contributed by atoms with E-state index in [-0.39, 0.29) is 0 Å². The second kappa shape index (κ2) is 8.32. The molecule has 0 bridgehead atoms. The highest BCUT2D eigenvalue weighted by Gasteiger charge is 2.12. The lowest BCUT2D eigenvalue weighted by Gasteiger charge is -1.92. The van der Waals surface area contributed by atoms with Crippen molar-refractivity contribution in [1.29, 1.82) is 0 Å². The molecular formula is C24H20S5. The SMILES string of the molecule is CCc1ccc(-c2ccc(-c3ccc(-c4ccc(-c5ccc(CC)s5)s4)s3)s2)s1. The maximum absolute atomic E-state index is 2.28. The van der Waals surface area contributed by atoms with Crippen molar-refractivity contribution >= 4 is 56.7 Å². The minimum Gasteiger partial charge on any atom is -0.139 e. The van der Waals surface area contributed by atoms with Crippen molar-refractivity contribution in [2.24, 2.45) is 0 Å². The van der Waals surface area contributed by atoms with Crippen molar-refractivity contribution in [3.63, 3.8) is 0 Å². The Kier molecular flexibility index (Phi) is 5.59. The van der Waals surface area contributed by atoms with Crippen LogP contribution in [-0.2, 0) is 12.8 Å². The molecule has 5 heteroatoms. The molecule has 0 amide bonds. The fraction of sp³-hybridized carbons (Fsp3) is 0.167. The molecule has 0 unspecified atom stereocenters. The van der Waals surface area contributed by atoms with Crippen LogP contribution in [0.15, 0.2) is 60.7 Å². The first kappa shape index (κ1) is 19.5. The zero-order chi connectivity index (χ0) is 19.8. The molecule has 0 saturated heterocycles. The Morgan fingerprint density at radius 2 is 0.621 bits per heavy atom. The minimum atomic E-state index is 1.12. The van der Waals surface area contributed by atoms with E-state index in [4.69, 9.17) is 0 Å². The molecule has 0 saturated carbocycles. The summed E-state index contributed by atoms with van der Waals surface area (Å²) in [4.78, 5) is 13.9. The summed E-state index contributed by atoms with van der Waals surface area (Å²) >= 11 is 9.55. The third-order valence-corrected chi connectivity index (χ3v) is 11.3. The molecule has 0 aromatic carbocycles. The van der Waals surface area contributed by atoms with Gasteiger partial charge < -0.3 is 0 Å². The molecule has 0 atom stereocenters. The molecule has 0 N–H and O–H groups in total. The smallest absolute Gasteiger partial charge is 0.0449 e. The van der Waals surface area contributed by atoms with Crippen molar-refractivity contribution in [3.8, 4) is 39.0 Å². The summed E-state index contributed by atoms with van der Waals surface area (Å²) in [7, 11) is 0. The van der Waals surface area contributed by atoms with Gasteiger partial charge in [-0.05, 0) is 73.5 Å².